The smallest absolute Gasteiger partial charge is 0.269 e. The summed E-state index contributed by atoms with van der Waals surface area (Å²) in [5.41, 5.74) is 12.1. The molecule has 0 atom stereocenters. The lowest BCUT2D eigenvalue weighted by Crippen LogP contribution is -2.26. The fraction of sp³-hybridized carbons (Fsp3) is 0.122. The fourth-order valence-corrected chi connectivity index (χ4v) is 7.69. The minimum absolute atomic E-state index is 0.0266. The molecule has 1 spiro atoms. The predicted molar refractivity (Wildman–Crippen MR) is 196 cm³/mol. The third kappa shape index (κ3) is 4.44. The summed E-state index contributed by atoms with van der Waals surface area (Å²) in [4.78, 5) is 27.9. The fourth-order valence-electron chi connectivity index (χ4n) is 7.69. The first-order valence-corrected chi connectivity index (χ1v) is 16.0. The summed E-state index contributed by atoms with van der Waals surface area (Å²) in [6.45, 7) is 0. The molecule has 8 nitrogen and oxygen atoms in total. The van der Waals surface area contributed by atoms with Gasteiger partial charge in [-0.3, -0.25) is 20.2 Å². The molecule has 8 heteroatoms. The second kappa shape index (κ2) is 10.9. The minimum Gasteiger partial charge on any atom is -0.378 e. The number of nitro benzene ring substituents is 2. The minimum atomic E-state index is -1.04. The summed E-state index contributed by atoms with van der Waals surface area (Å²) in [5, 5.41) is 24.5. The van der Waals surface area contributed by atoms with Crippen molar-refractivity contribution in [2.24, 2.45) is 0 Å². The van der Waals surface area contributed by atoms with Crippen LogP contribution in [0.3, 0.4) is 0 Å². The normalized spacial score (nSPS) is 13.0. The lowest BCUT2D eigenvalue weighted by Gasteiger charge is -2.31. The largest absolute Gasteiger partial charge is 0.378 e. The Balaban J connectivity index is 1.45. The Bertz CT molecular complexity index is 2180. The van der Waals surface area contributed by atoms with Gasteiger partial charge >= 0.3 is 0 Å². The second-order valence-electron chi connectivity index (χ2n) is 13.1. The molecule has 6 aromatic carbocycles. The van der Waals surface area contributed by atoms with Crippen LogP contribution in [0.1, 0.15) is 22.3 Å². The van der Waals surface area contributed by atoms with Crippen molar-refractivity contribution in [3.63, 3.8) is 0 Å². The van der Waals surface area contributed by atoms with Crippen molar-refractivity contribution in [1.29, 1.82) is 0 Å². The Hall–Kier alpha value is -6.28. The van der Waals surface area contributed by atoms with Crippen LogP contribution in [0.25, 0.3) is 44.5 Å². The molecule has 0 aliphatic heterocycles. The van der Waals surface area contributed by atoms with E-state index >= 15 is 0 Å². The van der Waals surface area contributed by atoms with E-state index in [1.165, 1.54) is 0 Å². The first kappa shape index (κ1) is 30.1. The first-order valence-electron chi connectivity index (χ1n) is 16.0. The van der Waals surface area contributed by atoms with Crippen molar-refractivity contribution in [3.8, 4) is 44.5 Å². The Morgan fingerprint density at radius 2 is 0.735 bits per heavy atom. The predicted octanol–water partition coefficient (Wildman–Crippen LogP) is 9.31. The molecule has 0 amide bonds. The van der Waals surface area contributed by atoms with E-state index in [-0.39, 0.29) is 21.2 Å². The van der Waals surface area contributed by atoms with Crippen LogP contribution in [0.2, 0.25) is 0 Å². The van der Waals surface area contributed by atoms with Gasteiger partial charge in [0, 0.05) is 63.8 Å². The number of nitrogens with zero attached hydrogens (tertiary/aromatic N) is 4. The van der Waals surface area contributed by atoms with Gasteiger partial charge in [0.2, 0.25) is 0 Å². The summed E-state index contributed by atoms with van der Waals surface area (Å²) in [6, 6.07) is 39.4. The van der Waals surface area contributed by atoms with Crippen LogP contribution in [-0.2, 0) is 5.41 Å². The molecule has 0 aromatic heterocycles. The summed E-state index contributed by atoms with van der Waals surface area (Å²) in [7, 11) is 8.01. The number of non-ortho nitro benzene ring substituents is 2. The molecule has 6 aromatic rings. The highest BCUT2D eigenvalue weighted by atomic mass is 16.6. The number of anilines is 2. The standard InChI is InChI=1S/C41H32N4O4/c1-42(2)29-11-5-25(6-12-29)27-9-17-33-35-19-15-31(44(46)47)23-39(35)41(37(33)21-27)38-22-28(26-7-13-30(14-8-26)43(3)4)10-18-34(38)36-20-16-32(45(48)49)24-40(36)41/h5-24H,1-4H3. The summed E-state index contributed by atoms with van der Waals surface area (Å²) in [5.74, 6) is 0. The quantitative estimate of drug-likeness (QED) is 0.132. The maximum absolute atomic E-state index is 12.2. The highest BCUT2D eigenvalue weighted by Gasteiger charge is 2.53. The number of hydrogen-bond donors (Lipinski definition) is 0. The van der Waals surface area contributed by atoms with Crippen LogP contribution in [0.15, 0.2) is 121 Å². The molecule has 2 aliphatic rings. The van der Waals surface area contributed by atoms with E-state index in [4.69, 9.17) is 0 Å². The zero-order valence-electron chi connectivity index (χ0n) is 27.5. The maximum atomic E-state index is 12.2. The summed E-state index contributed by atoms with van der Waals surface area (Å²) < 4.78 is 0. The lowest BCUT2D eigenvalue weighted by atomic mass is 9.69. The first-order chi connectivity index (χ1) is 23.6. The summed E-state index contributed by atoms with van der Waals surface area (Å²) in [6.07, 6.45) is 0. The molecule has 0 N–H and O–H groups in total. The molecule has 0 unspecified atom stereocenters. The van der Waals surface area contributed by atoms with Crippen molar-refractivity contribution < 1.29 is 9.85 Å². The SMILES string of the molecule is CN(C)c1ccc(-c2ccc3c(c2)C2(c4cc(-c5ccc(N(C)C)cc5)ccc4-c4ccc([N+](=O)[O-])cc42)c2cc([N+](=O)[O-])ccc2-3)cc1. The van der Waals surface area contributed by atoms with Crippen LogP contribution in [-0.4, -0.2) is 38.0 Å². The van der Waals surface area contributed by atoms with Crippen LogP contribution in [0.5, 0.6) is 0 Å². The molecule has 0 fully saturated rings. The van der Waals surface area contributed by atoms with E-state index in [1.807, 2.05) is 40.3 Å². The van der Waals surface area contributed by atoms with E-state index < -0.39 is 5.41 Å². The third-order valence-electron chi connectivity index (χ3n) is 10.1. The molecular weight excluding hydrogens is 612 g/mol. The summed E-state index contributed by atoms with van der Waals surface area (Å²) >= 11 is 0. The Kier molecular flexibility index (Phi) is 6.68. The van der Waals surface area contributed by atoms with E-state index in [1.54, 1.807) is 24.3 Å². The zero-order chi connectivity index (χ0) is 34.2. The van der Waals surface area contributed by atoms with Gasteiger partial charge in [0.15, 0.2) is 0 Å². The van der Waals surface area contributed by atoms with Crippen LogP contribution < -0.4 is 9.80 Å². The highest BCUT2D eigenvalue weighted by Crippen LogP contribution is 2.64. The monoisotopic (exact) mass is 644 g/mol. The lowest BCUT2D eigenvalue weighted by molar-refractivity contribution is -0.385. The number of nitro groups is 2. The number of fused-ring (bicyclic) bond motifs is 10. The van der Waals surface area contributed by atoms with Gasteiger partial charge in [-0.25, -0.2) is 0 Å². The maximum Gasteiger partial charge on any atom is 0.269 e. The molecule has 0 saturated heterocycles. The van der Waals surface area contributed by atoms with Gasteiger partial charge in [0.1, 0.15) is 0 Å². The third-order valence-corrected chi connectivity index (χ3v) is 10.1. The Labute approximate surface area is 283 Å². The van der Waals surface area contributed by atoms with E-state index in [9.17, 15) is 20.2 Å². The van der Waals surface area contributed by atoms with E-state index in [2.05, 4.69) is 94.7 Å². The molecule has 0 heterocycles. The molecule has 240 valence electrons. The van der Waals surface area contributed by atoms with Gasteiger partial charge in [-0.1, -0.05) is 48.5 Å². The average Bonchev–Trinajstić information content (AvgIpc) is 3.57. The van der Waals surface area contributed by atoms with Crippen LogP contribution in [0, 0.1) is 20.2 Å². The Morgan fingerprint density at radius 3 is 1.06 bits per heavy atom. The van der Waals surface area contributed by atoms with Gasteiger partial charge in [-0.2, -0.15) is 0 Å². The van der Waals surface area contributed by atoms with E-state index in [0.29, 0.717) is 0 Å². The molecule has 0 radical (unpaired) electrons. The molecule has 8 rings (SSSR count). The molecular formula is C41H32N4O4. The van der Waals surface area contributed by atoms with E-state index in [0.717, 1.165) is 78.1 Å². The van der Waals surface area contributed by atoms with Crippen molar-refractivity contribution in [1.82, 2.24) is 0 Å². The topological polar surface area (TPSA) is 92.8 Å². The molecule has 0 bridgehead atoms. The van der Waals surface area contributed by atoms with Crippen molar-refractivity contribution in [3.05, 3.63) is 164 Å². The van der Waals surface area contributed by atoms with Crippen LogP contribution in [0.4, 0.5) is 22.7 Å². The van der Waals surface area contributed by atoms with Gasteiger partial charge < -0.3 is 9.80 Å². The van der Waals surface area contributed by atoms with Gasteiger partial charge in [-0.15, -0.1) is 0 Å². The van der Waals surface area contributed by atoms with Gasteiger partial charge in [0.05, 0.1) is 15.3 Å². The number of benzene rings is 6. The highest BCUT2D eigenvalue weighted by molar-refractivity contribution is 5.97. The molecule has 49 heavy (non-hydrogen) atoms. The van der Waals surface area contributed by atoms with Crippen molar-refractivity contribution in [2.75, 3.05) is 38.0 Å². The zero-order valence-corrected chi connectivity index (χ0v) is 27.5. The Morgan fingerprint density at radius 1 is 0.429 bits per heavy atom. The van der Waals surface area contributed by atoms with Crippen molar-refractivity contribution >= 4 is 22.7 Å². The number of hydrogen-bond acceptors (Lipinski definition) is 6. The molecule has 2 aliphatic carbocycles. The average molecular weight is 645 g/mol. The molecule has 0 saturated carbocycles. The second-order valence-corrected chi connectivity index (χ2v) is 13.1. The van der Waals surface area contributed by atoms with Crippen LogP contribution >= 0.6 is 0 Å². The number of rotatable bonds is 6. The van der Waals surface area contributed by atoms with Gasteiger partial charge in [-0.05, 0) is 115 Å². The van der Waals surface area contributed by atoms with Gasteiger partial charge in [0.25, 0.3) is 11.4 Å². The van der Waals surface area contributed by atoms with Crippen molar-refractivity contribution in [2.45, 2.75) is 5.41 Å².